The van der Waals surface area contributed by atoms with Crippen LogP contribution in [0.2, 0.25) is 0 Å². The van der Waals surface area contributed by atoms with Crippen molar-refractivity contribution in [3.63, 3.8) is 0 Å². The number of aliphatic hydroxyl groups is 1. The molecule has 2 aromatic rings. The predicted molar refractivity (Wildman–Crippen MR) is 111 cm³/mol. The number of carbonyl (C=O) groups is 1. The Morgan fingerprint density at radius 2 is 1.80 bits per heavy atom. The van der Waals surface area contributed by atoms with Gasteiger partial charge in [0, 0.05) is 5.69 Å². The minimum atomic E-state index is -4.52. The Balaban J connectivity index is 2.14. The van der Waals surface area contributed by atoms with Crippen molar-refractivity contribution in [3.05, 3.63) is 95.9 Å². The number of aliphatic imine (C=N–C) groups is 1. The molecule has 0 fully saturated rings. The highest BCUT2D eigenvalue weighted by molar-refractivity contribution is 6.50. The van der Waals surface area contributed by atoms with Crippen molar-refractivity contribution < 1.29 is 23.1 Å². The first-order valence-corrected chi connectivity index (χ1v) is 9.15. The van der Waals surface area contributed by atoms with Crippen molar-refractivity contribution in [2.45, 2.75) is 19.5 Å². The minimum Gasteiger partial charge on any atom is -0.506 e. The maximum atomic E-state index is 13.4. The van der Waals surface area contributed by atoms with E-state index < -0.39 is 17.6 Å². The van der Waals surface area contributed by atoms with Gasteiger partial charge in [0.1, 0.15) is 11.5 Å². The Hall–Kier alpha value is -3.61. The summed E-state index contributed by atoms with van der Waals surface area (Å²) in [5.74, 6) is -0.715. The molecule has 154 valence electrons. The van der Waals surface area contributed by atoms with E-state index in [0.717, 1.165) is 12.1 Å². The van der Waals surface area contributed by atoms with Crippen LogP contribution in [0.15, 0.2) is 95.3 Å². The van der Waals surface area contributed by atoms with E-state index in [2.05, 4.69) is 4.99 Å². The average Bonchev–Trinajstić information content (AvgIpc) is 2.72. The SMILES string of the molecule is C/C1=C\C/C=C\C(O)=C\N(c2ccccc2)C(=O)C1=Nc1cccc(C(F)(F)F)c1. The maximum Gasteiger partial charge on any atom is 0.416 e. The van der Waals surface area contributed by atoms with Gasteiger partial charge >= 0.3 is 6.18 Å². The van der Waals surface area contributed by atoms with E-state index in [9.17, 15) is 23.1 Å². The van der Waals surface area contributed by atoms with E-state index in [-0.39, 0.29) is 17.2 Å². The molecule has 2 aromatic carbocycles. The van der Waals surface area contributed by atoms with Gasteiger partial charge in [-0.15, -0.1) is 0 Å². The van der Waals surface area contributed by atoms with Crippen LogP contribution in [-0.4, -0.2) is 16.7 Å². The van der Waals surface area contributed by atoms with Crippen molar-refractivity contribution in [3.8, 4) is 0 Å². The topological polar surface area (TPSA) is 52.9 Å². The summed E-state index contributed by atoms with van der Waals surface area (Å²) in [5, 5.41) is 10.1. The zero-order valence-electron chi connectivity index (χ0n) is 16.1. The third kappa shape index (κ3) is 5.05. The fourth-order valence-corrected chi connectivity index (χ4v) is 2.84. The number of amides is 1. The van der Waals surface area contributed by atoms with Crippen LogP contribution < -0.4 is 4.90 Å². The number of rotatable bonds is 2. The largest absolute Gasteiger partial charge is 0.506 e. The highest BCUT2D eigenvalue weighted by Gasteiger charge is 2.30. The van der Waals surface area contributed by atoms with Crippen molar-refractivity contribution >= 4 is 23.0 Å². The fourth-order valence-electron chi connectivity index (χ4n) is 2.84. The molecule has 4 nitrogen and oxygen atoms in total. The third-order valence-corrected chi connectivity index (χ3v) is 4.35. The molecule has 0 bridgehead atoms. The predicted octanol–water partition coefficient (Wildman–Crippen LogP) is 6.12. The molecule has 0 spiro atoms. The first-order valence-electron chi connectivity index (χ1n) is 9.15. The molecule has 0 aromatic heterocycles. The van der Waals surface area contributed by atoms with Crippen LogP contribution in [0.4, 0.5) is 24.5 Å². The van der Waals surface area contributed by atoms with Gasteiger partial charge in [-0.05, 0) is 55.3 Å². The number of anilines is 1. The molecular formula is C23H19F3N2O2. The van der Waals surface area contributed by atoms with E-state index in [0.29, 0.717) is 17.7 Å². The molecule has 30 heavy (non-hydrogen) atoms. The summed E-state index contributed by atoms with van der Waals surface area (Å²) < 4.78 is 39.2. The lowest BCUT2D eigenvalue weighted by molar-refractivity contribution is -0.137. The average molecular weight is 412 g/mol. The minimum absolute atomic E-state index is 0.00902. The quantitative estimate of drug-likeness (QED) is 0.646. The van der Waals surface area contributed by atoms with Gasteiger partial charge in [0.2, 0.25) is 0 Å². The van der Waals surface area contributed by atoms with Crippen LogP contribution in [0.3, 0.4) is 0 Å². The van der Waals surface area contributed by atoms with Gasteiger partial charge in [0.25, 0.3) is 5.91 Å². The number of aliphatic hydroxyl groups excluding tert-OH is 1. The van der Waals surface area contributed by atoms with Gasteiger partial charge in [-0.1, -0.05) is 36.4 Å². The van der Waals surface area contributed by atoms with Gasteiger partial charge in [-0.25, -0.2) is 4.99 Å². The number of hydrogen-bond acceptors (Lipinski definition) is 3. The zero-order chi connectivity index (χ0) is 21.7. The monoisotopic (exact) mass is 412 g/mol. The van der Waals surface area contributed by atoms with E-state index in [1.807, 2.05) is 0 Å². The van der Waals surface area contributed by atoms with Crippen LogP contribution in [0.25, 0.3) is 0 Å². The van der Waals surface area contributed by atoms with Gasteiger partial charge in [-0.2, -0.15) is 13.2 Å². The van der Waals surface area contributed by atoms with E-state index >= 15 is 0 Å². The van der Waals surface area contributed by atoms with Crippen LogP contribution in [-0.2, 0) is 11.0 Å². The number of benzene rings is 2. The lowest BCUT2D eigenvalue weighted by Gasteiger charge is -2.21. The van der Waals surface area contributed by atoms with Gasteiger partial charge < -0.3 is 5.11 Å². The summed E-state index contributed by atoms with van der Waals surface area (Å²) in [4.78, 5) is 18.8. The lowest BCUT2D eigenvalue weighted by atomic mass is 10.1. The number of nitrogens with zero attached hydrogens (tertiary/aromatic N) is 2. The van der Waals surface area contributed by atoms with Gasteiger partial charge in [0.15, 0.2) is 0 Å². The second-order valence-corrected chi connectivity index (χ2v) is 6.60. The van der Waals surface area contributed by atoms with E-state index in [1.165, 1.54) is 29.3 Å². The Bertz CT molecular complexity index is 1050. The molecule has 0 saturated heterocycles. The van der Waals surface area contributed by atoms with Crippen molar-refractivity contribution in [1.29, 1.82) is 0 Å². The fraction of sp³-hybridized carbons (Fsp3) is 0.130. The number of hydrogen-bond donors (Lipinski definition) is 1. The molecule has 1 heterocycles. The molecule has 0 unspecified atom stereocenters. The van der Waals surface area contributed by atoms with Crippen LogP contribution in [0, 0.1) is 0 Å². The smallest absolute Gasteiger partial charge is 0.416 e. The summed E-state index contributed by atoms with van der Waals surface area (Å²) in [6.07, 6.45) is 2.07. The highest BCUT2D eigenvalue weighted by atomic mass is 19.4. The Labute approximate surface area is 172 Å². The molecule has 1 aliphatic heterocycles. The zero-order valence-corrected chi connectivity index (χ0v) is 16.1. The van der Waals surface area contributed by atoms with E-state index in [4.69, 9.17) is 0 Å². The number of halogens is 3. The Morgan fingerprint density at radius 3 is 2.50 bits per heavy atom. The van der Waals surface area contributed by atoms with E-state index in [1.54, 1.807) is 49.4 Å². The summed E-state index contributed by atoms with van der Waals surface area (Å²) in [7, 11) is 0. The first-order chi connectivity index (χ1) is 14.3. The van der Waals surface area contributed by atoms with Gasteiger partial charge in [-0.3, -0.25) is 9.69 Å². The Kier molecular flexibility index (Phi) is 6.20. The molecule has 3 rings (SSSR count). The summed E-state index contributed by atoms with van der Waals surface area (Å²) in [6.45, 7) is 1.67. The molecule has 0 saturated carbocycles. The number of alkyl halides is 3. The molecule has 7 heteroatoms. The molecular weight excluding hydrogens is 393 g/mol. The summed E-state index contributed by atoms with van der Waals surface area (Å²) >= 11 is 0. The number of para-hydroxylation sites is 1. The molecule has 0 aliphatic carbocycles. The van der Waals surface area contributed by atoms with Crippen molar-refractivity contribution in [2.75, 3.05) is 4.90 Å². The Morgan fingerprint density at radius 1 is 1.07 bits per heavy atom. The molecule has 1 N–H and O–H groups in total. The maximum absolute atomic E-state index is 13.4. The standard InChI is InChI=1S/C23H19F3N2O2/c1-16-8-5-6-13-20(29)15-28(19-11-3-2-4-12-19)22(30)21(16)27-18-10-7-9-17(14-18)23(24,25)26/h2-4,6-15,29H,5H2,1H3/b13-6-,16-8+,20-15-,27-21?. The van der Waals surface area contributed by atoms with Crippen LogP contribution >= 0.6 is 0 Å². The van der Waals surface area contributed by atoms with Crippen molar-refractivity contribution in [1.82, 2.24) is 0 Å². The molecule has 1 aliphatic rings. The lowest BCUT2D eigenvalue weighted by Crippen LogP contribution is -2.33. The van der Waals surface area contributed by atoms with Crippen LogP contribution in [0.1, 0.15) is 18.9 Å². The highest BCUT2D eigenvalue weighted by Crippen LogP contribution is 2.32. The molecule has 1 amide bonds. The normalized spacial score (nSPS) is 21.5. The second kappa shape index (κ2) is 8.82. The van der Waals surface area contributed by atoms with Crippen molar-refractivity contribution in [2.24, 2.45) is 4.99 Å². The second-order valence-electron chi connectivity index (χ2n) is 6.60. The number of allylic oxidation sites excluding steroid dienone is 3. The van der Waals surface area contributed by atoms with Crippen LogP contribution in [0.5, 0.6) is 0 Å². The summed E-state index contributed by atoms with van der Waals surface area (Å²) in [6, 6.07) is 13.1. The summed E-state index contributed by atoms with van der Waals surface area (Å²) in [5.41, 5.74) is 0.135. The number of carbonyl (C=O) groups excluding carboxylic acids is 1. The molecule has 0 radical (unpaired) electrons. The third-order valence-electron chi connectivity index (χ3n) is 4.35. The first kappa shape index (κ1) is 21.1. The molecule has 0 atom stereocenters. The van der Waals surface area contributed by atoms with Gasteiger partial charge in [0.05, 0.1) is 17.5 Å².